The molecule has 2 heterocycles. The van der Waals surface area contributed by atoms with Gasteiger partial charge < -0.3 is 4.90 Å². The van der Waals surface area contributed by atoms with Gasteiger partial charge in [0.25, 0.3) is 0 Å². The lowest BCUT2D eigenvalue weighted by Crippen LogP contribution is -2.37. The van der Waals surface area contributed by atoms with Gasteiger partial charge in [0, 0.05) is 6.54 Å². The lowest BCUT2D eigenvalue weighted by molar-refractivity contribution is 0.175. The maximum absolute atomic E-state index is 4.65. The largest absolute Gasteiger partial charge is 0.301 e. The predicted octanol–water partition coefficient (Wildman–Crippen LogP) is 2.92. The van der Waals surface area contributed by atoms with E-state index in [0.29, 0.717) is 6.04 Å². The Hall–Kier alpha value is -0.350. The SMILES string of the molecule is CCN1CCCC(n2nc(C)c(Br)c2C)C1. The molecule has 4 heteroatoms. The summed E-state index contributed by atoms with van der Waals surface area (Å²) in [6.45, 7) is 9.98. The van der Waals surface area contributed by atoms with Crippen molar-refractivity contribution in [1.82, 2.24) is 14.7 Å². The van der Waals surface area contributed by atoms with Gasteiger partial charge in [-0.25, -0.2) is 0 Å². The monoisotopic (exact) mass is 285 g/mol. The number of rotatable bonds is 2. The number of halogens is 1. The molecule has 3 nitrogen and oxygen atoms in total. The minimum Gasteiger partial charge on any atom is -0.301 e. The number of hydrogen-bond acceptors (Lipinski definition) is 2. The summed E-state index contributed by atoms with van der Waals surface area (Å²) in [6, 6.07) is 0.554. The number of piperidine rings is 1. The van der Waals surface area contributed by atoms with E-state index in [1.54, 1.807) is 0 Å². The van der Waals surface area contributed by atoms with Gasteiger partial charge in [-0.15, -0.1) is 0 Å². The van der Waals surface area contributed by atoms with Gasteiger partial charge in [0.2, 0.25) is 0 Å². The van der Waals surface area contributed by atoms with Crippen LogP contribution in [0.3, 0.4) is 0 Å². The molecular weight excluding hydrogens is 266 g/mol. The summed E-state index contributed by atoms with van der Waals surface area (Å²) in [4.78, 5) is 2.51. The Morgan fingerprint density at radius 3 is 2.75 bits per heavy atom. The van der Waals surface area contributed by atoms with E-state index >= 15 is 0 Å². The van der Waals surface area contributed by atoms with E-state index in [1.807, 2.05) is 0 Å². The third-order valence-corrected chi connectivity index (χ3v) is 4.66. The van der Waals surface area contributed by atoms with Gasteiger partial charge in [-0.2, -0.15) is 5.10 Å². The highest BCUT2D eigenvalue weighted by atomic mass is 79.9. The lowest BCUT2D eigenvalue weighted by Gasteiger charge is -2.32. The summed E-state index contributed by atoms with van der Waals surface area (Å²) in [5.74, 6) is 0. The Kier molecular flexibility index (Phi) is 3.70. The molecule has 1 aromatic heterocycles. The van der Waals surface area contributed by atoms with Gasteiger partial charge in [0.15, 0.2) is 0 Å². The minimum atomic E-state index is 0.554. The number of likely N-dealkylation sites (tertiary alicyclic amines) is 1. The fourth-order valence-electron chi connectivity index (χ4n) is 2.52. The summed E-state index contributed by atoms with van der Waals surface area (Å²) in [5, 5.41) is 4.65. The summed E-state index contributed by atoms with van der Waals surface area (Å²) in [5.41, 5.74) is 2.37. The van der Waals surface area contributed by atoms with Crippen molar-refractivity contribution < 1.29 is 0 Å². The van der Waals surface area contributed by atoms with Crippen LogP contribution in [-0.2, 0) is 0 Å². The first-order chi connectivity index (χ1) is 7.63. The van der Waals surface area contributed by atoms with Crippen molar-refractivity contribution in [2.45, 2.75) is 39.7 Å². The molecule has 1 unspecified atom stereocenters. The second-order valence-electron chi connectivity index (χ2n) is 4.62. The molecule has 16 heavy (non-hydrogen) atoms. The number of aromatic nitrogens is 2. The van der Waals surface area contributed by atoms with Crippen molar-refractivity contribution in [3.63, 3.8) is 0 Å². The van der Waals surface area contributed by atoms with E-state index in [1.165, 1.54) is 29.6 Å². The van der Waals surface area contributed by atoms with Crippen molar-refractivity contribution in [3.05, 3.63) is 15.9 Å². The van der Waals surface area contributed by atoms with Crippen molar-refractivity contribution in [2.24, 2.45) is 0 Å². The molecule has 0 N–H and O–H groups in total. The van der Waals surface area contributed by atoms with Gasteiger partial charge in [-0.3, -0.25) is 4.68 Å². The van der Waals surface area contributed by atoms with Gasteiger partial charge in [0.05, 0.1) is 21.9 Å². The molecule has 1 aliphatic rings. The van der Waals surface area contributed by atoms with E-state index in [4.69, 9.17) is 0 Å². The van der Waals surface area contributed by atoms with Crippen molar-refractivity contribution in [3.8, 4) is 0 Å². The van der Waals surface area contributed by atoms with Crippen molar-refractivity contribution in [2.75, 3.05) is 19.6 Å². The van der Waals surface area contributed by atoms with E-state index in [2.05, 4.69) is 51.4 Å². The van der Waals surface area contributed by atoms with Crippen molar-refractivity contribution >= 4 is 15.9 Å². The molecule has 0 aromatic carbocycles. The molecule has 0 saturated carbocycles. The van der Waals surface area contributed by atoms with E-state index in [-0.39, 0.29) is 0 Å². The molecule has 0 spiro atoms. The van der Waals surface area contributed by atoms with Crippen LogP contribution in [0.1, 0.15) is 37.2 Å². The number of aryl methyl sites for hydroxylation is 1. The quantitative estimate of drug-likeness (QED) is 0.833. The van der Waals surface area contributed by atoms with Gasteiger partial charge in [-0.05, 0) is 55.7 Å². The van der Waals surface area contributed by atoms with Gasteiger partial charge in [-0.1, -0.05) is 6.92 Å². The van der Waals surface area contributed by atoms with Gasteiger partial charge >= 0.3 is 0 Å². The smallest absolute Gasteiger partial charge is 0.0738 e. The highest BCUT2D eigenvalue weighted by Gasteiger charge is 2.23. The summed E-state index contributed by atoms with van der Waals surface area (Å²) in [6.07, 6.45) is 2.54. The van der Waals surface area contributed by atoms with Crippen LogP contribution >= 0.6 is 15.9 Å². The van der Waals surface area contributed by atoms with Crippen LogP contribution in [0.2, 0.25) is 0 Å². The molecule has 0 bridgehead atoms. The average molecular weight is 286 g/mol. The first kappa shape index (κ1) is 12.1. The third kappa shape index (κ3) is 2.18. The zero-order valence-corrected chi connectivity index (χ0v) is 11.9. The molecule has 90 valence electrons. The van der Waals surface area contributed by atoms with Crippen LogP contribution in [0.4, 0.5) is 0 Å². The van der Waals surface area contributed by atoms with Crippen LogP contribution in [0.25, 0.3) is 0 Å². The predicted molar refractivity (Wildman–Crippen MR) is 69.8 cm³/mol. The lowest BCUT2D eigenvalue weighted by atomic mass is 10.1. The molecular formula is C12H20BrN3. The normalized spacial score (nSPS) is 22.6. The molecule has 1 fully saturated rings. The highest BCUT2D eigenvalue weighted by Crippen LogP contribution is 2.27. The Morgan fingerprint density at radius 1 is 1.44 bits per heavy atom. The molecule has 1 aliphatic heterocycles. The molecule has 0 radical (unpaired) electrons. The molecule has 0 amide bonds. The fourth-order valence-corrected chi connectivity index (χ4v) is 2.78. The Bertz CT molecular complexity index is 373. The number of likely N-dealkylation sites (N-methyl/N-ethyl adjacent to an activating group) is 1. The van der Waals surface area contributed by atoms with Crippen LogP contribution < -0.4 is 0 Å². The topological polar surface area (TPSA) is 21.1 Å². The zero-order valence-electron chi connectivity index (χ0n) is 10.3. The van der Waals surface area contributed by atoms with E-state index < -0.39 is 0 Å². The molecule has 0 aliphatic carbocycles. The second-order valence-corrected chi connectivity index (χ2v) is 5.41. The van der Waals surface area contributed by atoms with Crippen LogP contribution in [-0.4, -0.2) is 34.3 Å². The molecule has 1 saturated heterocycles. The zero-order chi connectivity index (χ0) is 11.7. The third-order valence-electron chi connectivity index (χ3n) is 3.51. The van der Waals surface area contributed by atoms with Crippen LogP contribution in [0.5, 0.6) is 0 Å². The second kappa shape index (κ2) is 4.88. The Balaban J connectivity index is 2.20. The van der Waals surface area contributed by atoms with Crippen LogP contribution in [0, 0.1) is 13.8 Å². The summed E-state index contributed by atoms with van der Waals surface area (Å²) < 4.78 is 3.38. The highest BCUT2D eigenvalue weighted by molar-refractivity contribution is 9.10. The first-order valence-electron chi connectivity index (χ1n) is 6.07. The fraction of sp³-hybridized carbons (Fsp3) is 0.750. The Labute approximate surface area is 106 Å². The standard InChI is InChI=1S/C12H20BrN3/c1-4-15-7-5-6-11(8-15)16-10(3)12(13)9(2)14-16/h11H,4-8H2,1-3H3. The van der Waals surface area contributed by atoms with Gasteiger partial charge in [0.1, 0.15) is 0 Å². The van der Waals surface area contributed by atoms with E-state index in [9.17, 15) is 0 Å². The van der Waals surface area contributed by atoms with Crippen molar-refractivity contribution in [1.29, 1.82) is 0 Å². The number of hydrogen-bond donors (Lipinski definition) is 0. The molecule has 2 rings (SSSR count). The summed E-state index contributed by atoms with van der Waals surface area (Å²) in [7, 11) is 0. The first-order valence-corrected chi connectivity index (χ1v) is 6.86. The minimum absolute atomic E-state index is 0.554. The summed E-state index contributed by atoms with van der Waals surface area (Å²) >= 11 is 3.60. The average Bonchev–Trinajstić information content (AvgIpc) is 2.57. The maximum atomic E-state index is 4.65. The molecule has 1 atom stereocenters. The molecule has 1 aromatic rings. The van der Waals surface area contributed by atoms with E-state index in [0.717, 1.165) is 18.8 Å². The maximum Gasteiger partial charge on any atom is 0.0738 e. The Morgan fingerprint density at radius 2 is 2.19 bits per heavy atom. The number of nitrogens with zero attached hydrogens (tertiary/aromatic N) is 3. The van der Waals surface area contributed by atoms with Crippen LogP contribution in [0.15, 0.2) is 4.47 Å².